The molecule has 0 spiro atoms. The van der Waals surface area contributed by atoms with Crippen LogP contribution in [0.1, 0.15) is 6.92 Å². The minimum absolute atomic E-state index is 0.116. The Morgan fingerprint density at radius 1 is 1.22 bits per heavy atom. The van der Waals surface area contributed by atoms with Crippen molar-refractivity contribution in [2.45, 2.75) is 17.2 Å². The van der Waals surface area contributed by atoms with Crippen molar-refractivity contribution < 1.29 is 13.2 Å². The van der Waals surface area contributed by atoms with Gasteiger partial charge in [0.25, 0.3) is 10.0 Å². The van der Waals surface area contributed by atoms with Crippen LogP contribution < -0.4 is 5.32 Å². The summed E-state index contributed by atoms with van der Waals surface area (Å²) in [4.78, 5) is 14.5. The lowest BCUT2D eigenvalue weighted by atomic mass is 10.2. The van der Waals surface area contributed by atoms with Crippen molar-refractivity contribution in [1.82, 2.24) is 9.21 Å². The van der Waals surface area contributed by atoms with E-state index in [0.29, 0.717) is 30.5 Å². The maximum Gasteiger partial charge on any atom is 0.252 e. The number of nitrogens with one attached hydrogen (secondary N) is 1. The van der Waals surface area contributed by atoms with E-state index in [1.54, 1.807) is 6.07 Å². The summed E-state index contributed by atoms with van der Waals surface area (Å²) in [5.74, 6) is -0.116. The molecule has 1 fully saturated rings. The molecule has 1 amide bonds. The lowest BCUT2D eigenvalue weighted by Crippen LogP contribution is -2.53. The van der Waals surface area contributed by atoms with Gasteiger partial charge in [0, 0.05) is 36.3 Å². The van der Waals surface area contributed by atoms with Crippen LogP contribution >= 0.6 is 38.9 Å². The molecular weight excluding hydrogens is 474 g/mol. The molecule has 1 atom stereocenters. The van der Waals surface area contributed by atoms with Crippen LogP contribution in [-0.4, -0.2) is 55.8 Å². The number of sulfonamides is 1. The van der Waals surface area contributed by atoms with Crippen molar-refractivity contribution in [2.75, 3.05) is 31.5 Å². The highest BCUT2D eigenvalue weighted by Crippen LogP contribution is 2.28. The topological polar surface area (TPSA) is 69.7 Å². The van der Waals surface area contributed by atoms with Gasteiger partial charge < -0.3 is 5.32 Å². The molecule has 1 N–H and O–H groups in total. The Morgan fingerprint density at radius 2 is 1.93 bits per heavy atom. The Kier molecular flexibility index (Phi) is 6.60. The van der Waals surface area contributed by atoms with Gasteiger partial charge in [-0.1, -0.05) is 33.6 Å². The fourth-order valence-electron chi connectivity index (χ4n) is 2.87. The molecule has 0 bridgehead atoms. The highest BCUT2D eigenvalue weighted by Gasteiger charge is 2.32. The number of hydrogen-bond acceptors (Lipinski definition) is 5. The number of rotatable bonds is 5. The van der Waals surface area contributed by atoms with Gasteiger partial charge in [0.2, 0.25) is 5.91 Å². The Labute approximate surface area is 176 Å². The molecule has 1 aliphatic rings. The summed E-state index contributed by atoms with van der Waals surface area (Å²) in [7, 11) is -3.53. The largest absolute Gasteiger partial charge is 0.325 e. The van der Waals surface area contributed by atoms with Crippen molar-refractivity contribution in [3.63, 3.8) is 0 Å². The van der Waals surface area contributed by atoms with E-state index in [2.05, 4.69) is 21.2 Å². The zero-order chi connectivity index (χ0) is 19.6. The average molecular weight is 493 g/mol. The van der Waals surface area contributed by atoms with Crippen LogP contribution in [0, 0.1) is 0 Å². The van der Waals surface area contributed by atoms with Crippen LogP contribution in [0.2, 0.25) is 4.34 Å². The Morgan fingerprint density at radius 3 is 2.52 bits per heavy atom. The van der Waals surface area contributed by atoms with Gasteiger partial charge in [-0.3, -0.25) is 9.69 Å². The second-order valence-corrected chi connectivity index (χ2v) is 11.0. The maximum atomic E-state index is 12.7. The number of thiophene rings is 1. The molecule has 0 radical (unpaired) electrons. The monoisotopic (exact) mass is 491 g/mol. The molecule has 2 heterocycles. The third-order valence-corrected chi connectivity index (χ3v) is 8.53. The average Bonchev–Trinajstić information content (AvgIpc) is 3.08. The first-order valence-corrected chi connectivity index (χ1v) is 11.8. The van der Waals surface area contributed by atoms with E-state index in [-0.39, 0.29) is 16.2 Å². The SMILES string of the molecule is CC(C(=O)Nc1cccc(Br)c1)N1CCN(S(=O)(=O)c2ccc(Cl)s2)CC1. The Bertz CT molecular complexity index is 927. The first-order valence-electron chi connectivity index (χ1n) is 8.33. The van der Waals surface area contributed by atoms with E-state index in [1.807, 2.05) is 36.1 Å². The summed E-state index contributed by atoms with van der Waals surface area (Å²) >= 11 is 10.3. The predicted molar refractivity (Wildman–Crippen MR) is 112 cm³/mol. The van der Waals surface area contributed by atoms with Gasteiger partial charge in [0.1, 0.15) is 4.21 Å². The van der Waals surface area contributed by atoms with Gasteiger partial charge in [-0.2, -0.15) is 4.31 Å². The number of halogens is 2. The maximum absolute atomic E-state index is 12.7. The van der Waals surface area contributed by atoms with Crippen LogP contribution in [0.3, 0.4) is 0 Å². The normalized spacial score (nSPS) is 17.6. The summed E-state index contributed by atoms with van der Waals surface area (Å²) in [6.07, 6.45) is 0. The van der Waals surface area contributed by atoms with Crippen molar-refractivity contribution >= 4 is 60.5 Å². The smallest absolute Gasteiger partial charge is 0.252 e. The number of hydrogen-bond donors (Lipinski definition) is 1. The van der Waals surface area contributed by atoms with Gasteiger partial charge in [-0.15, -0.1) is 11.3 Å². The van der Waals surface area contributed by atoms with E-state index in [9.17, 15) is 13.2 Å². The van der Waals surface area contributed by atoms with Gasteiger partial charge in [-0.05, 0) is 37.3 Å². The van der Waals surface area contributed by atoms with E-state index in [0.717, 1.165) is 21.5 Å². The summed E-state index contributed by atoms with van der Waals surface area (Å²) in [5.41, 5.74) is 0.719. The molecule has 146 valence electrons. The summed E-state index contributed by atoms with van der Waals surface area (Å²) < 4.78 is 28.4. The Balaban J connectivity index is 1.59. The number of nitrogens with zero attached hydrogens (tertiary/aromatic N) is 2. The first-order chi connectivity index (χ1) is 12.8. The first kappa shape index (κ1) is 20.8. The number of amides is 1. The lowest BCUT2D eigenvalue weighted by Gasteiger charge is -2.36. The van der Waals surface area contributed by atoms with E-state index >= 15 is 0 Å². The van der Waals surface area contributed by atoms with Crippen LogP contribution in [0.5, 0.6) is 0 Å². The molecule has 1 aromatic carbocycles. The molecule has 6 nitrogen and oxygen atoms in total. The van der Waals surface area contributed by atoms with Gasteiger partial charge in [0.05, 0.1) is 10.4 Å². The minimum atomic E-state index is -3.53. The highest BCUT2D eigenvalue weighted by atomic mass is 79.9. The standard InChI is InChI=1S/C17H19BrClN3O3S2/c1-12(17(23)20-14-4-2-3-13(18)11-14)21-7-9-22(10-8-21)27(24,25)16-6-5-15(19)26-16/h2-6,11-12H,7-10H2,1H3,(H,20,23). The molecule has 1 aliphatic heterocycles. The van der Waals surface area contributed by atoms with Crippen molar-refractivity contribution in [3.8, 4) is 0 Å². The molecular formula is C17H19BrClN3O3S2. The fourth-order valence-corrected chi connectivity index (χ4v) is 6.33. The molecule has 0 saturated carbocycles. The molecule has 1 aromatic heterocycles. The van der Waals surface area contributed by atoms with Crippen LogP contribution in [0.4, 0.5) is 5.69 Å². The van der Waals surface area contributed by atoms with Crippen molar-refractivity contribution in [2.24, 2.45) is 0 Å². The molecule has 2 aromatic rings. The molecule has 10 heteroatoms. The second kappa shape index (κ2) is 8.59. The summed E-state index contributed by atoms with van der Waals surface area (Å²) in [6, 6.07) is 10.2. The number of carbonyl (C=O) groups is 1. The number of piperazine rings is 1. The Hall–Kier alpha value is -0.970. The molecule has 0 aliphatic carbocycles. The molecule has 1 unspecified atom stereocenters. The molecule has 27 heavy (non-hydrogen) atoms. The quantitative estimate of drug-likeness (QED) is 0.694. The highest BCUT2D eigenvalue weighted by molar-refractivity contribution is 9.10. The van der Waals surface area contributed by atoms with Crippen molar-refractivity contribution in [1.29, 1.82) is 0 Å². The third-order valence-electron chi connectivity index (χ3n) is 4.44. The number of anilines is 1. The van der Waals surface area contributed by atoms with Crippen LogP contribution in [0.15, 0.2) is 45.1 Å². The fraction of sp³-hybridized carbons (Fsp3) is 0.353. The zero-order valence-electron chi connectivity index (χ0n) is 14.6. The second-order valence-electron chi connectivity index (χ2n) is 6.17. The van der Waals surface area contributed by atoms with Gasteiger partial charge >= 0.3 is 0 Å². The molecule has 3 rings (SSSR count). The summed E-state index contributed by atoms with van der Waals surface area (Å²) in [5, 5.41) is 2.89. The van der Waals surface area contributed by atoms with Gasteiger partial charge in [0.15, 0.2) is 0 Å². The van der Waals surface area contributed by atoms with Crippen molar-refractivity contribution in [3.05, 3.63) is 45.2 Å². The third kappa shape index (κ3) is 4.90. The predicted octanol–water partition coefficient (Wildman–Crippen LogP) is 3.50. The van der Waals surface area contributed by atoms with E-state index in [1.165, 1.54) is 10.4 Å². The van der Waals surface area contributed by atoms with Crippen LogP contribution in [0.25, 0.3) is 0 Å². The van der Waals surface area contributed by atoms with E-state index in [4.69, 9.17) is 11.6 Å². The van der Waals surface area contributed by atoms with E-state index < -0.39 is 10.0 Å². The zero-order valence-corrected chi connectivity index (χ0v) is 18.5. The van der Waals surface area contributed by atoms with Crippen LogP contribution in [-0.2, 0) is 14.8 Å². The number of carbonyl (C=O) groups excluding carboxylic acids is 1. The number of benzene rings is 1. The summed E-state index contributed by atoms with van der Waals surface area (Å²) in [6.45, 7) is 3.49. The van der Waals surface area contributed by atoms with Gasteiger partial charge in [-0.25, -0.2) is 8.42 Å². The lowest BCUT2D eigenvalue weighted by molar-refractivity contribution is -0.121. The molecule has 1 saturated heterocycles. The minimum Gasteiger partial charge on any atom is -0.325 e.